The van der Waals surface area contributed by atoms with Crippen molar-refractivity contribution in [2.75, 3.05) is 0 Å². The topological polar surface area (TPSA) is 15.8 Å². The van der Waals surface area contributed by atoms with Crippen LogP contribution < -0.4 is 0 Å². The molecule has 1 nitrogen and oxygen atoms in total. The lowest BCUT2D eigenvalue weighted by Gasteiger charge is -2.08. The van der Waals surface area contributed by atoms with Gasteiger partial charge in [-0.1, -0.05) is 60.1 Å². The van der Waals surface area contributed by atoms with E-state index < -0.39 is 0 Å². The largest absolute Gasteiger partial charge is 0.358 e. The molecule has 2 heteroatoms. The molecular weight excluding hydrogens is 314 g/mol. The van der Waals surface area contributed by atoms with E-state index >= 15 is 0 Å². The van der Waals surface area contributed by atoms with E-state index in [1.807, 2.05) is 12.1 Å². The van der Waals surface area contributed by atoms with Gasteiger partial charge in [-0.2, -0.15) is 0 Å². The summed E-state index contributed by atoms with van der Waals surface area (Å²) >= 11 is 6.06. The van der Waals surface area contributed by atoms with Gasteiger partial charge in [-0.05, 0) is 59.5 Å². The van der Waals surface area contributed by atoms with Crippen LogP contribution in [0.4, 0.5) is 0 Å². The Labute approximate surface area is 146 Å². The molecule has 0 aliphatic heterocycles. The molecule has 0 radical (unpaired) electrons. The van der Waals surface area contributed by atoms with E-state index in [2.05, 4.69) is 73.4 Å². The number of halogens is 1. The first kappa shape index (κ1) is 15.0. The molecule has 0 unspecified atom stereocenters. The fourth-order valence-electron chi connectivity index (χ4n) is 3.26. The van der Waals surface area contributed by atoms with E-state index in [1.54, 1.807) is 0 Å². The van der Waals surface area contributed by atoms with Crippen LogP contribution in [0.3, 0.4) is 0 Å². The van der Waals surface area contributed by atoms with E-state index in [-0.39, 0.29) is 0 Å². The summed E-state index contributed by atoms with van der Waals surface area (Å²) in [5.74, 6) is 0. The van der Waals surface area contributed by atoms with Gasteiger partial charge in [0, 0.05) is 16.3 Å². The Morgan fingerprint density at radius 1 is 0.750 bits per heavy atom. The second-order valence-corrected chi connectivity index (χ2v) is 6.63. The van der Waals surface area contributed by atoms with Crippen molar-refractivity contribution in [3.8, 4) is 22.4 Å². The van der Waals surface area contributed by atoms with Crippen molar-refractivity contribution in [3.05, 3.63) is 83.0 Å². The molecule has 0 aliphatic rings. The Kier molecular flexibility index (Phi) is 3.66. The summed E-state index contributed by atoms with van der Waals surface area (Å²) in [5, 5.41) is 3.27. The number of H-pyrrole nitrogens is 1. The summed E-state index contributed by atoms with van der Waals surface area (Å²) in [6.45, 7) is 4.29. The van der Waals surface area contributed by atoms with Crippen molar-refractivity contribution in [1.82, 2.24) is 4.98 Å². The third-order valence-electron chi connectivity index (χ3n) is 4.67. The number of benzene rings is 3. The standard InChI is InChI=1S/C22H18ClN/c1-14-15(2)24-22(21(14)17-9-11-20(23)12-10-17)19-8-7-16-5-3-4-6-18(16)13-19/h3-13,24H,1-2H3. The third-order valence-corrected chi connectivity index (χ3v) is 4.92. The van der Waals surface area contributed by atoms with Crippen molar-refractivity contribution in [2.24, 2.45) is 0 Å². The number of hydrogen-bond donors (Lipinski definition) is 1. The van der Waals surface area contributed by atoms with Crippen LogP contribution in [0.15, 0.2) is 66.7 Å². The van der Waals surface area contributed by atoms with Gasteiger partial charge < -0.3 is 4.98 Å². The lowest BCUT2D eigenvalue weighted by molar-refractivity contribution is 1.23. The average Bonchev–Trinajstić information content (AvgIpc) is 2.90. The molecule has 0 fully saturated rings. The predicted molar refractivity (Wildman–Crippen MR) is 104 cm³/mol. The highest BCUT2D eigenvalue weighted by Crippen LogP contribution is 2.37. The predicted octanol–water partition coefficient (Wildman–Crippen LogP) is 6.77. The maximum absolute atomic E-state index is 6.06. The maximum atomic E-state index is 6.06. The van der Waals surface area contributed by atoms with Crippen molar-refractivity contribution in [2.45, 2.75) is 13.8 Å². The van der Waals surface area contributed by atoms with Gasteiger partial charge in [0.05, 0.1) is 5.69 Å². The van der Waals surface area contributed by atoms with Gasteiger partial charge in [0.2, 0.25) is 0 Å². The normalized spacial score (nSPS) is 11.1. The minimum Gasteiger partial charge on any atom is -0.358 e. The molecule has 0 atom stereocenters. The van der Waals surface area contributed by atoms with Crippen molar-refractivity contribution >= 4 is 22.4 Å². The van der Waals surface area contributed by atoms with Crippen LogP contribution in [0, 0.1) is 13.8 Å². The summed E-state index contributed by atoms with van der Waals surface area (Å²) in [6.07, 6.45) is 0. The van der Waals surface area contributed by atoms with Crippen LogP contribution in [0.25, 0.3) is 33.2 Å². The second-order valence-electron chi connectivity index (χ2n) is 6.19. The van der Waals surface area contributed by atoms with Gasteiger partial charge in [0.1, 0.15) is 0 Å². The molecule has 0 amide bonds. The fourth-order valence-corrected chi connectivity index (χ4v) is 3.38. The molecule has 4 aromatic rings. The summed E-state index contributed by atoms with van der Waals surface area (Å²) < 4.78 is 0. The molecule has 1 aromatic heterocycles. The third kappa shape index (κ3) is 2.51. The molecule has 3 aromatic carbocycles. The zero-order chi connectivity index (χ0) is 16.7. The molecule has 1 N–H and O–H groups in total. The number of rotatable bonds is 2. The van der Waals surface area contributed by atoms with Crippen LogP contribution in [0.5, 0.6) is 0 Å². The van der Waals surface area contributed by atoms with E-state index in [1.165, 1.54) is 38.7 Å². The van der Waals surface area contributed by atoms with E-state index in [9.17, 15) is 0 Å². The molecule has 0 spiro atoms. The van der Waals surface area contributed by atoms with Gasteiger partial charge in [-0.25, -0.2) is 0 Å². The highest BCUT2D eigenvalue weighted by molar-refractivity contribution is 6.30. The van der Waals surface area contributed by atoms with E-state index in [0.29, 0.717) is 0 Å². The smallest absolute Gasteiger partial charge is 0.0538 e. The average molecular weight is 332 g/mol. The van der Waals surface area contributed by atoms with Gasteiger partial charge in [-0.3, -0.25) is 0 Å². The molecule has 1 heterocycles. The monoisotopic (exact) mass is 331 g/mol. The molecule has 0 aliphatic carbocycles. The minimum atomic E-state index is 0.760. The van der Waals surface area contributed by atoms with E-state index in [4.69, 9.17) is 11.6 Å². The van der Waals surface area contributed by atoms with Crippen LogP contribution in [-0.2, 0) is 0 Å². The zero-order valence-electron chi connectivity index (χ0n) is 13.7. The van der Waals surface area contributed by atoms with Crippen LogP contribution >= 0.6 is 11.6 Å². The molecule has 24 heavy (non-hydrogen) atoms. The van der Waals surface area contributed by atoms with E-state index in [0.717, 1.165) is 10.7 Å². The highest BCUT2D eigenvalue weighted by atomic mass is 35.5. The molecule has 0 saturated heterocycles. The Morgan fingerprint density at radius 2 is 1.42 bits per heavy atom. The SMILES string of the molecule is Cc1[nH]c(-c2ccc3ccccc3c2)c(-c2ccc(Cl)cc2)c1C. The Morgan fingerprint density at radius 3 is 2.17 bits per heavy atom. The summed E-state index contributed by atoms with van der Waals surface area (Å²) in [5.41, 5.74) is 7.28. The van der Waals surface area contributed by atoms with Crippen molar-refractivity contribution < 1.29 is 0 Å². The number of aryl methyl sites for hydroxylation is 1. The fraction of sp³-hybridized carbons (Fsp3) is 0.0909. The zero-order valence-corrected chi connectivity index (χ0v) is 14.5. The molecule has 118 valence electrons. The number of hydrogen-bond acceptors (Lipinski definition) is 0. The van der Waals surface area contributed by atoms with Crippen molar-refractivity contribution in [3.63, 3.8) is 0 Å². The number of nitrogens with one attached hydrogen (secondary N) is 1. The first-order valence-electron chi connectivity index (χ1n) is 8.08. The summed E-state index contributed by atoms with van der Waals surface area (Å²) in [4.78, 5) is 3.57. The van der Waals surface area contributed by atoms with Gasteiger partial charge in [-0.15, -0.1) is 0 Å². The molecule has 0 bridgehead atoms. The Balaban J connectivity index is 1.94. The van der Waals surface area contributed by atoms with Crippen LogP contribution in [-0.4, -0.2) is 4.98 Å². The Hall–Kier alpha value is -2.51. The first-order valence-corrected chi connectivity index (χ1v) is 8.45. The summed E-state index contributed by atoms with van der Waals surface area (Å²) in [6, 6.07) is 23.1. The number of fused-ring (bicyclic) bond motifs is 1. The lowest BCUT2D eigenvalue weighted by atomic mass is 9.96. The Bertz CT molecular complexity index is 1030. The quantitative estimate of drug-likeness (QED) is 0.417. The number of aromatic amines is 1. The van der Waals surface area contributed by atoms with Crippen LogP contribution in [0.1, 0.15) is 11.3 Å². The van der Waals surface area contributed by atoms with Gasteiger partial charge >= 0.3 is 0 Å². The lowest BCUT2D eigenvalue weighted by Crippen LogP contribution is -1.85. The summed E-state index contributed by atoms with van der Waals surface area (Å²) in [7, 11) is 0. The second kappa shape index (κ2) is 5.85. The minimum absolute atomic E-state index is 0.760. The molecule has 0 saturated carbocycles. The van der Waals surface area contributed by atoms with Gasteiger partial charge in [0.15, 0.2) is 0 Å². The number of aromatic nitrogens is 1. The highest BCUT2D eigenvalue weighted by Gasteiger charge is 2.15. The van der Waals surface area contributed by atoms with Crippen LogP contribution in [0.2, 0.25) is 5.02 Å². The molecule has 4 rings (SSSR count). The maximum Gasteiger partial charge on any atom is 0.0538 e. The first-order chi connectivity index (χ1) is 11.6. The van der Waals surface area contributed by atoms with Crippen molar-refractivity contribution in [1.29, 1.82) is 0 Å². The molecular formula is C22H18ClN. The van der Waals surface area contributed by atoms with Gasteiger partial charge in [0.25, 0.3) is 0 Å².